The van der Waals surface area contributed by atoms with Gasteiger partial charge in [-0.05, 0) is 18.4 Å². The van der Waals surface area contributed by atoms with Crippen molar-refractivity contribution in [3.05, 3.63) is 47.7 Å². The van der Waals surface area contributed by atoms with Gasteiger partial charge in [0.25, 0.3) is 5.91 Å². The third-order valence-electron chi connectivity index (χ3n) is 2.82. The summed E-state index contributed by atoms with van der Waals surface area (Å²) in [5.41, 5.74) is 1.23. The fraction of sp³-hybridized carbons (Fsp3) is 0.375. The van der Waals surface area contributed by atoms with Gasteiger partial charge >= 0.3 is 0 Å². The molecular weight excluding hydrogens is 266 g/mol. The van der Waals surface area contributed by atoms with E-state index in [0.29, 0.717) is 19.7 Å². The molecular formula is C16H21N3O2. The molecule has 0 saturated carbocycles. The molecule has 1 amide bonds. The van der Waals surface area contributed by atoms with Crippen LogP contribution in [0.3, 0.4) is 0 Å². The van der Waals surface area contributed by atoms with Crippen molar-refractivity contribution in [2.45, 2.75) is 12.8 Å². The zero-order chi connectivity index (χ0) is 15.3. The van der Waals surface area contributed by atoms with Gasteiger partial charge < -0.3 is 15.4 Å². The molecule has 5 heteroatoms. The van der Waals surface area contributed by atoms with Crippen LogP contribution >= 0.6 is 0 Å². The van der Waals surface area contributed by atoms with Crippen LogP contribution in [-0.4, -0.2) is 32.7 Å². The third-order valence-corrected chi connectivity index (χ3v) is 2.82. The Morgan fingerprint density at radius 1 is 1.33 bits per heavy atom. The van der Waals surface area contributed by atoms with Gasteiger partial charge in [0.1, 0.15) is 11.6 Å². The van der Waals surface area contributed by atoms with Gasteiger partial charge in [-0.2, -0.15) is 5.26 Å². The molecule has 0 saturated heterocycles. The maximum absolute atomic E-state index is 11.8. The normalized spacial score (nSPS) is 10.8. The second kappa shape index (κ2) is 10.5. The maximum Gasteiger partial charge on any atom is 0.263 e. The molecule has 0 atom stereocenters. The number of hydrogen-bond donors (Lipinski definition) is 2. The first-order chi connectivity index (χ1) is 10.3. The van der Waals surface area contributed by atoms with Crippen LogP contribution in [0.5, 0.6) is 0 Å². The fourth-order valence-corrected chi connectivity index (χ4v) is 1.70. The van der Waals surface area contributed by atoms with Crippen molar-refractivity contribution in [1.29, 1.82) is 5.26 Å². The van der Waals surface area contributed by atoms with Crippen LogP contribution in [0.1, 0.15) is 12.0 Å². The maximum atomic E-state index is 11.8. The number of nitriles is 1. The number of amides is 1. The van der Waals surface area contributed by atoms with Gasteiger partial charge in [0.2, 0.25) is 0 Å². The van der Waals surface area contributed by atoms with Gasteiger partial charge in [0.05, 0.1) is 0 Å². The Hall–Kier alpha value is -2.32. The molecule has 0 aromatic heterocycles. The van der Waals surface area contributed by atoms with Gasteiger partial charge in [-0.3, -0.25) is 4.79 Å². The summed E-state index contributed by atoms with van der Waals surface area (Å²) in [7, 11) is 1.64. The number of nitrogens with zero attached hydrogens (tertiary/aromatic N) is 1. The summed E-state index contributed by atoms with van der Waals surface area (Å²) >= 11 is 0. The van der Waals surface area contributed by atoms with Crippen molar-refractivity contribution in [2.24, 2.45) is 0 Å². The number of rotatable bonds is 9. The number of hydrogen-bond acceptors (Lipinski definition) is 4. The highest BCUT2D eigenvalue weighted by atomic mass is 16.5. The van der Waals surface area contributed by atoms with E-state index < -0.39 is 0 Å². The molecule has 1 aromatic rings. The summed E-state index contributed by atoms with van der Waals surface area (Å²) in [6.07, 6.45) is 3.02. The molecule has 0 bridgehead atoms. The van der Waals surface area contributed by atoms with E-state index in [9.17, 15) is 4.79 Å². The van der Waals surface area contributed by atoms with E-state index in [0.717, 1.165) is 18.4 Å². The first kappa shape index (κ1) is 16.7. The standard InChI is InChI=1S/C16H21N3O2/c1-21-11-5-9-18-13-15(12-17)16(20)19-10-8-14-6-3-2-4-7-14/h2-4,6-7,13,18H,5,8-11H2,1H3,(H,19,20)/b15-13-. The van der Waals surface area contributed by atoms with E-state index in [2.05, 4.69) is 10.6 Å². The zero-order valence-electron chi connectivity index (χ0n) is 12.3. The van der Waals surface area contributed by atoms with Gasteiger partial charge in [-0.1, -0.05) is 30.3 Å². The smallest absolute Gasteiger partial charge is 0.263 e. The first-order valence-corrected chi connectivity index (χ1v) is 6.92. The van der Waals surface area contributed by atoms with E-state index >= 15 is 0 Å². The summed E-state index contributed by atoms with van der Waals surface area (Å²) in [6, 6.07) is 11.8. The monoisotopic (exact) mass is 287 g/mol. The first-order valence-electron chi connectivity index (χ1n) is 6.92. The molecule has 0 aliphatic heterocycles. The number of benzene rings is 1. The molecule has 0 fully saturated rings. The van der Waals surface area contributed by atoms with E-state index in [4.69, 9.17) is 10.00 Å². The predicted molar refractivity (Wildman–Crippen MR) is 81.3 cm³/mol. The van der Waals surface area contributed by atoms with Crippen LogP contribution in [0, 0.1) is 11.3 Å². The summed E-state index contributed by atoms with van der Waals surface area (Å²) < 4.78 is 4.91. The third kappa shape index (κ3) is 7.14. The largest absolute Gasteiger partial charge is 0.390 e. The minimum absolute atomic E-state index is 0.0838. The zero-order valence-corrected chi connectivity index (χ0v) is 12.3. The predicted octanol–water partition coefficient (Wildman–Crippen LogP) is 1.38. The highest BCUT2D eigenvalue weighted by Crippen LogP contribution is 1.98. The molecule has 112 valence electrons. The van der Waals surface area contributed by atoms with Gasteiger partial charge in [-0.15, -0.1) is 0 Å². The Balaban J connectivity index is 2.31. The van der Waals surface area contributed by atoms with Crippen LogP contribution in [0.25, 0.3) is 0 Å². The van der Waals surface area contributed by atoms with Gasteiger partial charge in [0, 0.05) is 33.0 Å². The molecule has 5 nitrogen and oxygen atoms in total. The van der Waals surface area contributed by atoms with Crippen molar-refractivity contribution >= 4 is 5.91 Å². The van der Waals surface area contributed by atoms with Crippen LogP contribution in [0.4, 0.5) is 0 Å². The number of carbonyl (C=O) groups excluding carboxylic acids is 1. The lowest BCUT2D eigenvalue weighted by Crippen LogP contribution is -2.27. The molecule has 2 N–H and O–H groups in total. The molecule has 0 aliphatic rings. The number of carbonyl (C=O) groups is 1. The molecule has 0 spiro atoms. The van der Waals surface area contributed by atoms with E-state index in [1.54, 1.807) is 7.11 Å². The Morgan fingerprint density at radius 2 is 2.10 bits per heavy atom. The Morgan fingerprint density at radius 3 is 2.76 bits per heavy atom. The van der Waals surface area contributed by atoms with Crippen molar-refractivity contribution < 1.29 is 9.53 Å². The quantitative estimate of drug-likeness (QED) is 0.409. The average molecular weight is 287 g/mol. The molecule has 0 heterocycles. The Kier molecular flexibility index (Phi) is 8.34. The van der Waals surface area contributed by atoms with Crippen LogP contribution in [0.15, 0.2) is 42.1 Å². The topological polar surface area (TPSA) is 74.1 Å². The lowest BCUT2D eigenvalue weighted by Gasteiger charge is -2.05. The summed E-state index contributed by atoms with van der Waals surface area (Å²) in [5.74, 6) is -0.354. The Bertz CT molecular complexity index is 492. The summed E-state index contributed by atoms with van der Waals surface area (Å²) in [4.78, 5) is 11.8. The fourth-order valence-electron chi connectivity index (χ4n) is 1.70. The molecule has 1 rings (SSSR count). The van der Waals surface area contributed by atoms with Crippen LogP contribution < -0.4 is 10.6 Å². The van der Waals surface area contributed by atoms with Crippen molar-refractivity contribution in [1.82, 2.24) is 10.6 Å². The van der Waals surface area contributed by atoms with E-state index in [1.807, 2.05) is 36.4 Å². The van der Waals surface area contributed by atoms with Gasteiger partial charge in [0.15, 0.2) is 0 Å². The highest BCUT2D eigenvalue weighted by molar-refractivity contribution is 5.97. The lowest BCUT2D eigenvalue weighted by atomic mass is 10.1. The molecule has 0 aliphatic carbocycles. The second-order valence-electron chi connectivity index (χ2n) is 4.46. The lowest BCUT2D eigenvalue weighted by molar-refractivity contribution is -0.117. The molecule has 21 heavy (non-hydrogen) atoms. The van der Waals surface area contributed by atoms with Crippen molar-refractivity contribution in [2.75, 3.05) is 26.8 Å². The van der Waals surface area contributed by atoms with E-state index in [-0.39, 0.29) is 11.5 Å². The second-order valence-corrected chi connectivity index (χ2v) is 4.46. The van der Waals surface area contributed by atoms with Crippen molar-refractivity contribution in [3.63, 3.8) is 0 Å². The van der Waals surface area contributed by atoms with Crippen molar-refractivity contribution in [3.8, 4) is 6.07 Å². The van der Waals surface area contributed by atoms with Crippen LogP contribution in [0.2, 0.25) is 0 Å². The number of methoxy groups -OCH3 is 1. The molecule has 1 aromatic carbocycles. The number of nitrogens with one attached hydrogen (secondary N) is 2. The summed E-state index contributed by atoms with van der Waals surface area (Å²) in [5, 5.41) is 14.6. The minimum atomic E-state index is -0.354. The Labute approximate surface area is 125 Å². The van der Waals surface area contributed by atoms with Gasteiger partial charge in [-0.25, -0.2) is 0 Å². The molecule has 0 unspecified atom stereocenters. The SMILES string of the molecule is COCCCN/C=C(/C#N)C(=O)NCCc1ccccc1. The average Bonchev–Trinajstić information content (AvgIpc) is 2.52. The molecule has 0 radical (unpaired) electrons. The number of ether oxygens (including phenoxy) is 1. The highest BCUT2D eigenvalue weighted by Gasteiger charge is 2.07. The summed E-state index contributed by atoms with van der Waals surface area (Å²) in [6.45, 7) is 1.81. The van der Waals surface area contributed by atoms with Crippen LogP contribution in [-0.2, 0) is 16.0 Å². The van der Waals surface area contributed by atoms with E-state index in [1.165, 1.54) is 6.20 Å². The minimum Gasteiger partial charge on any atom is -0.390 e.